The van der Waals surface area contributed by atoms with Gasteiger partial charge in [0.1, 0.15) is 11.2 Å². The molecule has 134 valence electrons. The fourth-order valence-corrected chi connectivity index (χ4v) is 2.07. The minimum absolute atomic E-state index is 0.0847. The molecule has 0 spiro atoms. The molecular formula is C18H21FN2O4. The van der Waals surface area contributed by atoms with Gasteiger partial charge < -0.3 is 9.63 Å². The van der Waals surface area contributed by atoms with E-state index in [-0.39, 0.29) is 18.1 Å². The summed E-state index contributed by atoms with van der Waals surface area (Å²) >= 11 is 0. The number of amides is 1. The number of aliphatic hydroxyl groups excluding tert-OH is 1. The topological polar surface area (TPSA) is 92.4 Å². The van der Waals surface area contributed by atoms with E-state index in [0.29, 0.717) is 5.69 Å². The minimum Gasteiger partial charge on any atom is -0.395 e. The first kappa shape index (κ1) is 18.8. The van der Waals surface area contributed by atoms with Crippen molar-refractivity contribution in [3.8, 4) is 0 Å². The lowest BCUT2D eigenvalue weighted by molar-refractivity contribution is -0.122. The summed E-state index contributed by atoms with van der Waals surface area (Å²) in [4.78, 5) is 25.1. The molecule has 0 saturated heterocycles. The Labute approximate surface area is 145 Å². The smallest absolute Gasteiger partial charge is 0.240 e. The maximum absolute atomic E-state index is 13.0. The maximum atomic E-state index is 13.0. The summed E-state index contributed by atoms with van der Waals surface area (Å²) in [6.07, 6.45) is 0. The van der Waals surface area contributed by atoms with Gasteiger partial charge in [0.15, 0.2) is 5.78 Å². The maximum Gasteiger partial charge on any atom is 0.240 e. The van der Waals surface area contributed by atoms with E-state index in [2.05, 4.69) is 10.5 Å². The Balaban J connectivity index is 2.16. The second-order valence-electron chi connectivity index (χ2n) is 7.03. The average molecular weight is 348 g/mol. The summed E-state index contributed by atoms with van der Waals surface area (Å²) in [5.41, 5.74) is -1.29. The van der Waals surface area contributed by atoms with Gasteiger partial charge in [0, 0.05) is 17.0 Å². The van der Waals surface area contributed by atoms with Crippen LogP contribution in [-0.2, 0) is 10.2 Å². The highest BCUT2D eigenvalue weighted by Gasteiger charge is 2.37. The molecule has 1 amide bonds. The van der Waals surface area contributed by atoms with E-state index in [1.54, 1.807) is 13.8 Å². The van der Waals surface area contributed by atoms with Crippen LogP contribution in [0.3, 0.4) is 0 Å². The highest BCUT2D eigenvalue weighted by atomic mass is 19.1. The van der Waals surface area contributed by atoms with Gasteiger partial charge in [-0.3, -0.25) is 14.9 Å². The highest BCUT2D eigenvalue weighted by molar-refractivity contribution is 6.16. The van der Waals surface area contributed by atoms with Crippen molar-refractivity contribution in [3.63, 3.8) is 0 Å². The molecule has 0 fully saturated rings. The molecule has 0 aliphatic rings. The molecule has 1 aromatic heterocycles. The first-order chi connectivity index (χ1) is 11.6. The predicted octanol–water partition coefficient (Wildman–Crippen LogP) is 2.93. The summed E-state index contributed by atoms with van der Waals surface area (Å²) in [6.45, 7) is 6.37. The van der Waals surface area contributed by atoms with Crippen LogP contribution in [-0.4, -0.2) is 28.6 Å². The molecule has 0 radical (unpaired) electrons. The third kappa shape index (κ3) is 3.93. The fraction of sp³-hybridized carbons (Fsp3) is 0.389. The van der Waals surface area contributed by atoms with Crippen LogP contribution < -0.4 is 5.32 Å². The zero-order valence-electron chi connectivity index (χ0n) is 14.6. The van der Waals surface area contributed by atoms with Gasteiger partial charge in [-0.25, -0.2) is 4.39 Å². The van der Waals surface area contributed by atoms with Gasteiger partial charge in [-0.05, 0) is 38.1 Å². The second kappa shape index (κ2) is 6.76. The number of aliphatic hydroxyl groups is 1. The summed E-state index contributed by atoms with van der Waals surface area (Å²) in [7, 11) is 0. The third-order valence-corrected chi connectivity index (χ3v) is 4.08. The summed E-state index contributed by atoms with van der Waals surface area (Å²) in [5, 5.41) is 15.7. The molecule has 6 nitrogen and oxygen atoms in total. The zero-order chi connectivity index (χ0) is 18.8. The number of ketones is 1. The highest BCUT2D eigenvalue weighted by Crippen LogP contribution is 2.27. The largest absolute Gasteiger partial charge is 0.395 e. The Morgan fingerprint density at radius 1 is 1.20 bits per heavy atom. The Hall–Kier alpha value is -2.54. The van der Waals surface area contributed by atoms with Crippen LogP contribution in [0, 0.1) is 11.2 Å². The van der Waals surface area contributed by atoms with E-state index >= 15 is 0 Å². The van der Waals surface area contributed by atoms with Crippen LogP contribution in [0.5, 0.6) is 0 Å². The van der Waals surface area contributed by atoms with Crippen LogP contribution in [0.4, 0.5) is 10.3 Å². The molecule has 2 aromatic rings. The van der Waals surface area contributed by atoms with Gasteiger partial charge in [-0.1, -0.05) is 19.0 Å². The number of Topliss-reactive ketones (excluding diaryl/α,β-unsaturated/α-hetero) is 1. The third-order valence-electron chi connectivity index (χ3n) is 4.08. The summed E-state index contributed by atoms with van der Waals surface area (Å²) < 4.78 is 18.1. The van der Waals surface area contributed by atoms with Crippen molar-refractivity contribution >= 4 is 17.6 Å². The van der Waals surface area contributed by atoms with Crippen LogP contribution in [0.25, 0.3) is 0 Å². The van der Waals surface area contributed by atoms with E-state index in [1.165, 1.54) is 44.2 Å². The number of carbonyl (C=O) groups is 2. The monoisotopic (exact) mass is 348 g/mol. The van der Waals surface area contributed by atoms with E-state index < -0.39 is 28.3 Å². The van der Waals surface area contributed by atoms with Gasteiger partial charge in [0.25, 0.3) is 0 Å². The van der Waals surface area contributed by atoms with E-state index in [9.17, 15) is 19.1 Å². The molecule has 2 rings (SSSR count). The summed E-state index contributed by atoms with van der Waals surface area (Å²) in [6, 6.07) is 6.51. The van der Waals surface area contributed by atoms with Crippen molar-refractivity contribution in [2.45, 2.75) is 33.1 Å². The van der Waals surface area contributed by atoms with Crippen LogP contribution in [0.2, 0.25) is 0 Å². The average Bonchev–Trinajstić information content (AvgIpc) is 3.04. The van der Waals surface area contributed by atoms with Crippen molar-refractivity contribution in [1.29, 1.82) is 0 Å². The number of benzene rings is 1. The van der Waals surface area contributed by atoms with Crippen LogP contribution in [0.15, 0.2) is 34.9 Å². The first-order valence-electron chi connectivity index (χ1n) is 7.78. The van der Waals surface area contributed by atoms with Crippen molar-refractivity contribution < 1.29 is 23.6 Å². The predicted molar refractivity (Wildman–Crippen MR) is 89.8 cm³/mol. The molecule has 1 heterocycles. The Bertz CT molecular complexity index is 779. The summed E-state index contributed by atoms with van der Waals surface area (Å²) in [5.74, 6) is -1.40. The SMILES string of the molecule is CC(C)(C(=O)Nc1cc(C(C)(C)CO)no1)C(=O)c1ccc(F)cc1. The number of nitrogens with one attached hydrogen (secondary N) is 1. The van der Waals surface area contributed by atoms with E-state index in [1.807, 2.05) is 0 Å². The molecule has 0 unspecified atom stereocenters. The Morgan fingerprint density at radius 3 is 2.36 bits per heavy atom. The van der Waals surface area contributed by atoms with Gasteiger partial charge in [-0.2, -0.15) is 0 Å². The number of hydrogen-bond acceptors (Lipinski definition) is 5. The van der Waals surface area contributed by atoms with Crippen LogP contribution in [0.1, 0.15) is 43.7 Å². The molecule has 0 aliphatic carbocycles. The van der Waals surface area contributed by atoms with Gasteiger partial charge >= 0.3 is 0 Å². The van der Waals surface area contributed by atoms with Gasteiger partial charge in [-0.15, -0.1) is 0 Å². The molecule has 25 heavy (non-hydrogen) atoms. The molecule has 0 saturated carbocycles. The minimum atomic E-state index is -1.39. The Kier molecular flexibility index (Phi) is 5.08. The lowest BCUT2D eigenvalue weighted by Gasteiger charge is -2.21. The molecule has 0 bridgehead atoms. The number of hydrogen-bond donors (Lipinski definition) is 2. The number of rotatable bonds is 6. The van der Waals surface area contributed by atoms with Crippen molar-refractivity contribution in [1.82, 2.24) is 5.16 Å². The van der Waals surface area contributed by atoms with Crippen molar-refractivity contribution in [2.75, 3.05) is 11.9 Å². The molecule has 1 aromatic carbocycles. The second-order valence-corrected chi connectivity index (χ2v) is 7.03. The standard InChI is InChI=1S/C18H21FN2O4/c1-17(2,10-22)13-9-14(25-21-13)20-16(24)18(3,4)15(23)11-5-7-12(19)8-6-11/h5-9,22H,10H2,1-4H3,(H,20,24). The fourth-order valence-electron chi connectivity index (χ4n) is 2.07. The zero-order valence-corrected chi connectivity index (χ0v) is 14.6. The van der Waals surface area contributed by atoms with Crippen molar-refractivity contribution in [2.24, 2.45) is 5.41 Å². The lowest BCUT2D eigenvalue weighted by Crippen LogP contribution is -2.38. The first-order valence-corrected chi connectivity index (χ1v) is 7.78. The van der Waals surface area contributed by atoms with Gasteiger partial charge in [0.05, 0.1) is 12.3 Å². The molecule has 0 aliphatic heterocycles. The number of halogens is 1. The van der Waals surface area contributed by atoms with Crippen LogP contribution >= 0.6 is 0 Å². The Morgan fingerprint density at radius 2 is 1.80 bits per heavy atom. The van der Waals surface area contributed by atoms with Gasteiger partial charge in [0.2, 0.25) is 11.8 Å². The van der Waals surface area contributed by atoms with Crippen molar-refractivity contribution in [3.05, 3.63) is 47.4 Å². The quantitative estimate of drug-likeness (QED) is 0.618. The molecule has 2 N–H and O–H groups in total. The molecule has 7 heteroatoms. The number of carbonyl (C=O) groups excluding carboxylic acids is 2. The number of nitrogens with zero attached hydrogens (tertiary/aromatic N) is 1. The molecular weight excluding hydrogens is 327 g/mol. The number of anilines is 1. The normalized spacial score (nSPS) is 12.1. The van der Waals surface area contributed by atoms with E-state index in [0.717, 1.165) is 0 Å². The molecule has 0 atom stereocenters. The number of aromatic nitrogens is 1. The van der Waals surface area contributed by atoms with E-state index in [4.69, 9.17) is 4.52 Å². The lowest BCUT2D eigenvalue weighted by atomic mass is 9.83.